The molecule has 1 fully saturated rings. The third-order valence-electron chi connectivity index (χ3n) is 4.97. The van der Waals surface area contributed by atoms with Crippen LogP contribution in [0, 0.1) is 5.92 Å². The fourth-order valence-corrected chi connectivity index (χ4v) is 4.74. The molecule has 1 unspecified atom stereocenters. The molecule has 0 saturated carbocycles. The van der Waals surface area contributed by atoms with Gasteiger partial charge in [0.2, 0.25) is 10.0 Å². The van der Waals surface area contributed by atoms with E-state index in [1.807, 2.05) is 0 Å². The molecule has 7 heteroatoms. The highest BCUT2D eigenvalue weighted by Crippen LogP contribution is 2.34. The molecule has 1 amide bonds. The summed E-state index contributed by atoms with van der Waals surface area (Å²) < 4.78 is 33.0. The number of carbonyl (C=O) groups excluding carboxylic acids is 1. The molecule has 1 atom stereocenters. The predicted octanol–water partition coefficient (Wildman–Crippen LogP) is 3.00. The Morgan fingerprint density at radius 3 is 2.68 bits per heavy atom. The van der Waals surface area contributed by atoms with E-state index in [9.17, 15) is 13.2 Å². The van der Waals surface area contributed by atoms with Crippen LogP contribution in [0.2, 0.25) is 0 Å². The Hall–Kier alpha value is -1.60. The fourth-order valence-electron chi connectivity index (χ4n) is 3.24. The smallest absolute Gasteiger partial charge is 0.265 e. The van der Waals surface area contributed by atoms with Crippen LogP contribution in [0.15, 0.2) is 23.1 Å². The van der Waals surface area contributed by atoms with E-state index in [4.69, 9.17) is 4.74 Å². The van der Waals surface area contributed by atoms with Gasteiger partial charge in [0.25, 0.3) is 5.91 Å². The summed E-state index contributed by atoms with van der Waals surface area (Å²) >= 11 is 0. The molecule has 3 rings (SSSR count). The minimum atomic E-state index is -3.54. The maximum Gasteiger partial charge on any atom is 0.265 e. The molecule has 1 saturated heterocycles. The van der Waals surface area contributed by atoms with Gasteiger partial charge in [0.15, 0.2) is 6.10 Å². The molecule has 2 heterocycles. The second-order valence-corrected chi connectivity index (χ2v) is 8.92. The number of rotatable bonds is 5. The van der Waals surface area contributed by atoms with Crippen LogP contribution in [0.4, 0.5) is 5.69 Å². The molecule has 1 aromatic carbocycles. The summed E-state index contributed by atoms with van der Waals surface area (Å²) in [6.45, 7) is 5.29. The van der Waals surface area contributed by atoms with Gasteiger partial charge >= 0.3 is 0 Å². The van der Waals surface area contributed by atoms with Crippen LogP contribution in [0.3, 0.4) is 0 Å². The van der Waals surface area contributed by atoms with Crippen LogP contribution in [-0.2, 0) is 14.8 Å². The molecule has 6 nitrogen and oxygen atoms in total. The molecule has 2 aliphatic heterocycles. The first-order valence-corrected chi connectivity index (χ1v) is 10.5. The molecular formula is C18H26N2O4S. The standard InChI is InChI=1S/C18H26N2O4S/c1-3-4-5-17-18(21)19-15-12-14(6-7-16(15)24-17)25(22,23)20-10-8-13(2)9-11-20/h6-7,12-13,17H,3-5,8-11H2,1-2H3,(H,19,21). The van der Waals surface area contributed by atoms with E-state index in [1.165, 1.54) is 10.4 Å². The zero-order valence-electron chi connectivity index (χ0n) is 14.8. The molecule has 1 aromatic rings. The lowest BCUT2D eigenvalue weighted by molar-refractivity contribution is -0.123. The summed E-state index contributed by atoms with van der Waals surface area (Å²) in [5, 5.41) is 2.79. The largest absolute Gasteiger partial charge is 0.478 e. The van der Waals surface area contributed by atoms with Gasteiger partial charge in [0.05, 0.1) is 10.6 Å². The topological polar surface area (TPSA) is 75.7 Å². The Bertz CT molecular complexity index is 739. The Balaban J connectivity index is 1.80. The molecule has 0 aromatic heterocycles. The fraction of sp³-hybridized carbons (Fsp3) is 0.611. The van der Waals surface area contributed by atoms with Gasteiger partial charge in [-0.1, -0.05) is 20.3 Å². The second-order valence-electron chi connectivity index (χ2n) is 6.98. The summed E-state index contributed by atoms with van der Waals surface area (Å²) in [7, 11) is -3.54. The quantitative estimate of drug-likeness (QED) is 0.869. The molecule has 0 radical (unpaired) electrons. The van der Waals surface area contributed by atoms with Crippen molar-refractivity contribution >= 4 is 21.6 Å². The average Bonchev–Trinajstić information content (AvgIpc) is 2.59. The molecule has 1 N–H and O–H groups in total. The summed E-state index contributed by atoms with van der Waals surface area (Å²) in [6.07, 6.45) is 3.82. The Morgan fingerprint density at radius 1 is 1.28 bits per heavy atom. The van der Waals surface area contributed by atoms with E-state index < -0.39 is 16.1 Å². The van der Waals surface area contributed by atoms with Gasteiger partial charge in [-0.15, -0.1) is 0 Å². The number of carbonyl (C=O) groups is 1. The molecule has 2 aliphatic rings. The van der Waals surface area contributed by atoms with E-state index in [2.05, 4.69) is 19.2 Å². The predicted molar refractivity (Wildman–Crippen MR) is 96.2 cm³/mol. The monoisotopic (exact) mass is 366 g/mol. The van der Waals surface area contributed by atoms with Crippen LogP contribution < -0.4 is 10.1 Å². The first-order valence-electron chi connectivity index (χ1n) is 9.03. The van der Waals surface area contributed by atoms with Crippen molar-refractivity contribution in [3.05, 3.63) is 18.2 Å². The van der Waals surface area contributed by atoms with E-state index in [1.54, 1.807) is 12.1 Å². The van der Waals surface area contributed by atoms with Crippen molar-refractivity contribution in [3.63, 3.8) is 0 Å². The van der Waals surface area contributed by atoms with E-state index in [0.717, 1.165) is 25.7 Å². The Morgan fingerprint density at radius 2 is 2.00 bits per heavy atom. The van der Waals surface area contributed by atoms with E-state index >= 15 is 0 Å². The molecule has 25 heavy (non-hydrogen) atoms. The van der Waals surface area contributed by atoms with Crippen LogP contribution in [0.1, 0.15) is 46.0 Å². The number of unbranched alkanes of at least 4 members (excludes halogenated alkanes) is 1. The number of hydrogen-bond donors (Lipinski definition) is 1. The Kier molecular flexibility index (Phi) is 5.34. The zero-order valence-corrected chi connectivity index (χ0v) is 15.6. The summed E-state index contributed by atoms with van der Waals surface area (Å²) in [6, 6.07) is 4.73. The van der Waals surface area contributed by atoms with Gasteiger partial charge in [0, 0.05) is 13.1 Å². The molecule has 138 valence electrons. The van der Waals surface area contributed by atoms with Gasteiger partial charge in [-0.05, 0) is 49.8 Å². The molecule has 0 spiro atoms. The van der Waals surface area contributed by atoms with Crippen molar-refractivity contribution in [2.45, 2.75) is 57.0 Å². The number of amides is 1. The minimum Gasteiger partial charge on any atom is -0.478 e. The number of benzene rings is 1. The van der Waals surface area contributed by atoms with Crippen molar-refractivity contribution in [1.82, 2.24) is 4.31 Å². The highest BCUT2D eigenvalue weighted by Gasteiger charge is 2.31. The molecule has 0 aliphatic carbocycles. The van der Waals surface area contributed by atoms with Crippen molar-refractivity contribution < 1.29 is 17.9 Å². The Labute approximate surface area is 149 Å². The third kappa shape index (κ3) is 3.82. The highest BCUT2D eigenvalue weighted by molar-refractivity contribution is 7.89. The first-order chi connectivity index (χ1) is 11.9. The van der Waals surface area contributed by atoms with Crippen molar-refractivity contribution in [1.29, 1.82) is 0 Å². The number of hydrogen-bond acceptors (Lipinski definition) is 4. The van der Waals surface area contributed by atoms with Crippen LogP contribution in [0.5, 0.6) is 5.75 Å². The number of nitrogens with one attached hydrogen (secondary N) is 1. The van der Waals surface area contributed by atoms with Gasteiger partial charge in [-0.25, -0.2) is 8.42 Å². The lowest BCUT2D eigenvalue weighted by Crippen LogP contribution is -2.38. The van der Waals surface area contributed by atoms with Crippen molar-refractivity contribution in [2.75, 3.05) is 18.4 Å². The molecular weight excluding hydrogens is 340 g/mol. The number of nitrogens with zero attached hydrogens (tertiary/aromatic N) is 1. The van der Waals surface area contributed by atoms with Crippen molar-refractivity contribution in [3.8, 4) is 5.75 Å². The van der Waals surface area contributed by atoms with Gasteiger partial charge in [-0.3, -0.25) is 4.79 Å². The van der Waals surface area contributed by atoms with Gasteiger partial charge < -0.3 is 10.1 Å². The normalized spacial score (nSPS) is 22.2. The highest BCUT2D eigenvalue weighted by atomic mass is 32.2. The zero-order chi connectivity index (χ0) is 18.0. The number of fused-ring (bicyclic) bond motifs is 1. The summed E-state index contributed by atoms with van der Waals surface area (Å²) in [4.78, 5) is 12.4. The van der Waals surface area contributed by atoms with E-state index in [0.29, 0.717) is 36.9 Å². The third-order valence-corrected chi connectivity index (χ3v) is 6.87. The maximum absolute atomic E-state index is 12.8. The second kappa shape index (κ2) is 7.33. The first kappa shape index (κ1) is 18.2. The lowest BCUT2D eigenvalue weighted by atomic mass is 10.0. The van der Waals surface area contributed by atoms with Crippen LogP contribution in [0.25, 0.3) is 0 Å². The summed E-state index contributed by atoms with van der Waals surface area (Å²) in [5.41, 5.74) is 0.434. The minimum absolute atomic E-state index is 0.205. The van der Waals surface area contributed by atoms with Gasteiger partial charge in [-0.2, -0.15) is 4.31 Å². The van der Waals surface area contributed by atoms with Crippen LogP contribution in [-0.4, -0.2) is 37.8 Å². The number of ether oxygens (including phenoxy) is 1. The van der Waals surface area contributed by atoms with E-state index in [-0.39, 0.29) is 10.8 Å². The van der Waals surface area contributed by atoms with Crippen molar-refractivity contribution in [2.24, 2.45) is 5.92 Å². The average molecular weight is 366 g/mol. The lowest BCUT2D eigenvalue weighted by Gasteiger charge is -2.30. The number of sulfonamides is 1. The summed E-state index contributed by atoms with van der Waals surface area (Å²) in [5.74, 6) is 0.886. The SMILES string of the molecule is CCCCC1Oc2ccc(S(=O)(=O)N3CCC(C)CC3)cc2NC1=O. The number of anilines is 1. The van der Waals surface area contributed by atoms with Crippen LogP contribution >= 0.6 is 0 Å². The number of piperidine rings is 1. The maximum atomic E-state index is 12.8. The van der Waals surface area contributed by atoms with Gasteiger partial charge in [0.1, 0.15) is 5.75 Å². The molecule has 0 bridgehead atoms.